The first-order valence-electron chi connectivity index (χ1n) is 9.58. The van der Waals surface area contributed by atoms with Crippen molar-refractivity contribution in [3.8, 4) is 6.07 Å². The van der Waals surface area contributed by atoms with Crippen molar-refractivity contribution in [3.05, 3.63) is 83.3 Å². The van der Waals surface area contributed by atoms with Gasteiger partial charge in [-0.25, -0.2) is 9.97 Å². The SMILES string of the molecule is Cc1cc(C(=O)NCCc2c[nH]c3ccccc23)nc(Nc2ccc(C#N)cc2)n1. The first-order chi connectivity index (χ1) is 14.6. The van der Waals surface area contributed by atoms with Gasteiger partial charge in [0.15, 0.2) is 0 Å². The van der Waals surface area contributed by atoms with Crippen molar-refractivity contribution in [1.82, 2.24) is 20.3 Å². The van der Waals surface area contributed by atoms with E-state index >= 15 is 0 Å². The van der Waals surface area contributed by atoms with E-state index in [2.05, 4.69) is 37.7 Å². The van der Waals surface area contributed by atoms with E-state index < -0.39 is 0 Å². The van der Waals surface area contributed by atoms with Crippen molar-refractivity contribution in [3.63, 3.8) is 0 Å². The Kier molecular flexibility index (Phi) is 5.39. The van der Waals surface area contributed by atoms with Crippen molar-refractivity contribution >= 4 is 28.4 Å². The van der Waals surface area contributed by atoms with Crippen molar-refractivity contribution in [1.29, 1.82) is 5.26 Å². The lowest BCUT2D eigenvalue weighted by atomic mass is 10.1. The van der Waals surface area contributed by atoms with Crippen LogP contribution < -0.4 is 10.6 Å². The minimum Gasteiger partial charge on any atom is -0.361 e. The Morgan fingerprint density at radius 3 is 2.73 bits per heavy atom. The van der Waals surface area contributed by atoms with E-state index in [1.54, 1.807) is 30.3 Å². The summed E-state index contributed by atoms with van der Waals surface area (Å²) in [7, 11) is 0. The maximum absolute atomic E-state index is 12.6. The van der Waals surface area contributed by atoms with Crippen molar-refractivity contribution in [2.24, 2.45) is 0 Å². The molecule has 1 amide bonds. The molecule has 3 N–H and O–H groups in total. The molecule has 2 heterocycles. The second-order valence-electron chi connectivity index (χ2n) is 6.90. The third-order valence-corrected chi connectivity index (χ3v) is 4.71. The first-order valence-corrected chi connectivity index (χ1v) is 9.58. The molecule has 0 saturated heterocycles. The highest BCUT2D eigenvalue weighted by molar-refractivity contribution is 5.92. The smallest absolute Gasteiger partial charge is 0.270 e. The molecule has 0 aliphatic rings. The molecule has 7 nitrogen and oxygen atoms in total. The summed E-state index contributed by atoms with van der Waals surface area (Å²) in [5, 5.41) is 16.1. The zero-order valence-corrected chi connectivity index (χ0v) is 16.4. The van der Waals surface area contributed by atoms with E-state index in [-0.39, 0.29) is 5.91 Å². The van der Waals surface area contributed by atoms with Crippen LogP contribution in [-0.4, -0.2) is 27.4 Å². The predicted octanol–water partition coefficient (Wildman–Crippen LogP) is 3.85. The molecule has 7 heteroatoms. The van der Waals surface area contributed by atoms with Crippen LogP contribution in [0.1, 0.15) is 27.3 Å². The number of aromatic nitrogens is 3. The summed E-state index contributed by atoms with van der Waals surface area (Å²) in [4.78, 5) is 24.5. The van der Waals surface area contributed by atoms with Gasteiger partial charge < -0.3 is 15.6 Å². The summed E-state index contributed by atoms with van der Waals surface area (Å²) >= 11 is 0. The predicted molar refractivity (Wildman–Crippen MR) is 116 cm³/mol. The second kappa shape index (κ2) is 8.45. The number of benzene rings is 2. The van der Waals surface area contributed by atoms with Gasteiger partial charge in [-0.15, -0.1) is 0 Å². The number of nitrogens with zero attached hydrogens (tertiary/aromatic N) is 3. The number of fused-ring (bicyclic) bond motifs is 1. The van der Waals surface area contributed by atoms with Crippen molar-refractivity contribution in [2.75, 3.05) is 11.9 Å². The first kappa shape index (κ1) is 19.2. The van der Waals surface area contributed by atoms with Crippen LogP contribution in [0.5, 0.6) is 0 Å². The number of aromatic amines is 1. The van der Waals surface area contributed by atoms with Gasteiger partial charge in [0.1, 0.15) is 5.69 Å². The largest absolute Gasteiger partial charge is 0.361 e. The van der Waals surface area contributed by atoms with Gasteiger partial charge in [-0.3, -0.25) is 4.79 Å². The Morgan fingerprint density at radius 1 is 1.13 bits per heavy atom. The zero-order valence-electron chi connectivity index (χ0n) is 16.4. The fourth-order valence-electron chi connectivity index (χ4n) is 3.24. The molecular weight excluding hydrogens is 376 g/mol. The third-order valence-electron chi connectivity index (χ3n) is 4.71. The number of hydrogen-bond acceptors (Lipinski definition) is 5. The Bertz CT molecular complexity index is 1240. The fraction of sp³-hybridized carbons (Fsp3) is 0.130. The molecule has 0 saturated carbocycles. The topological polar surface area (TPSA) is 106 Å². The van der Waals surface area contributed by atoms with Crippen LogP contribution in [0.2, 0.25) is 0 Å². The molecule has 30 heavy (non-hydrogen) atoms. The molecule has 0 bridgehead atoms. The lowest BCUT2D eigenvalue weighted by Gasteiger charge is -2.09. The Labute approximate surface area is 173 Å². The summed E-state index contributed by atoms with van der Waals surface area (Å²) in [6.07, 6.45) is 2.70. The minimum atomic E-state index is -0.247. The molecule has 0 fully saturated rings. The number of nitrogens with one attached hydrogen (secondary N) is 3. The lowest BCUT2D eigenvalue weighted by Crippen LogP contribution is -2.27. The third kappa shape index (κ3) is 4.28. The zero-order chi connectivity index (χ0) is 20.9. The molecule has 0 unspecified atom stereocenters. The average molecular weight is 396 g/mol. The number of nitriles is 1. The molecule has 148 valence electrons. The number of carbonyl (C=O) groups excluding carboxylic acids is 1. The van der Waals surface area contributed by atoms with Crippen LogP contribution in [-0.2, 0) is 6.42 Å². The van der Waals surface area contributed by atoms with Gasteiger partial charge in [0.2, 0.25) is 5.95 Å². The van der Waals surface area contributed by atoms with Crippen LogP contribution in [0.15, 0.2) is 60.8 Å². The van der Waals surface area contributed by atoms with Gasteiger partial charge in [0.05, 0.1) is 11.6 Å². The lowest BCUT2D eigenvalue weighted by molar-refractivity contribution is 0.0949. The van der Waals surface area contributed by atoms with Gasteiger partial charge >= 0.3 is 0 Å². The molecule has 2 aromatic heterocycles. The summed E-state index contributed by atoms with van der Waals surface area (Å²) in [6, 6.07) is 18.8. The van der Waals surface area contributed by atoms with Crippen LogP contribution in [0.4, 0.5) is 11.6 Å². The number of aryl methyl sites for hydroxylation is 1. The summed E-state index contributed by atoms with van der Waals surface area (Å²) in [5.41, 5.74) is 4.54. The number of para-hydroxylation sites is 1. The normalized spacial score (nSPS) is 10.5. The maximum atomic E-state index is 12.6. The fourth-order valence-corrected chi connectivity index (χ4v) is 3.24. The highest BCUT2D eigenvalue weighted by Crippen LogP contribution is 2.18. The molecule has 0 aliphatic carbocycles. The van der Waals surface area contributed by atoms with Gasteiger partial charge in [-0.2, -0.15) is 5.26 Å². The van der Waals surface area contributed by atoms with E-state index in [4.69, 9.17) is 5.26 Å². The average Bonchev–Trinajstić information content (AvgIpc) is 3.17. The van der Waals surface area contributed by atoms with Crippen molar-refractivity contribution < 1.29 is 4.79 Å². The number of carbonyl (C=O) groups is 1. The molecule has 0 atom stereocenters. The van der Waals surface area contributed by atoms with E-state index in [1.807, 2.05) is 31.3 Å². The molecule has 0 radical (unpaired) electrons. The van der Waals surface area contributed by atoms with E-state index in [9.17, 15) is 4.79 Å². The second-order valence-corrected chi connectivity index (χ2v) is 6.90. The Balaban J connectivity index is 1.41. The molecule has 4 aromatic rings. The Morgan fingerprint density at radius 2 is 1.93 bits per heavy atom. The summed E-state index contributed by atoms with van der Waals surface area (Å²) in [5.74, 6) is 0.0877. The monoisotopic (exact) mass is 396 g/mol. The van der Waals surface area contributed by atoms with Gasteiger partial charge in [-0.05, 0) is 55.3 Å². The van der Waals surface area contributed by atoms with Crippen LogP contribution in [0, 0.1) is 18.3 Å². The summed E-state index contributed by atoms with van der Waals surface area (Å²) in [6.45, 7) is 2.32. The van der Waals surface area contributed by atoms with E-state index in [0.29, 0.717) is 29.4 Å². The molecule has 0 spiro atoms. The Hall–Kier alpha value is -4.18. The van der Waals surface area contributed by atoms with Gasteiger partial charge in [-0.1, -0.05) is 18.2 Å². The van der Waals surface area contributed by atoms with Crippen LogP contribution in [0.25, 0.3) is 10.9 Å². The highest BCUT2D eigenvalue weighted by Gasteiger charge is 2.11. The molecular formula is C23H20N6O. The van der Waals surface area contributed by atoms with Gasteiger partial charge in [0, 0.05) is 35.0 Å². The van der Waals surface area contributed by atoms with Gasteiger partial charge in [0.25, 0.3) is 5.91 Å². The standard InChI is InChI=1S/C23H20N6O/c1-15-12-21(29-23(27-15)28-18-8-6-16(13-24)7-9-18)22(30)25-11-10-17-14-26-20-5-3-2-4-19(17)20/h2-9,12,14,26H,10-11H2,1H3,(H,25,30)(H,27,28,29). The number of H-pyrrole nitrogens is 1. The van der Waals surface area contributed by atoms with Crippen molar-refractivity contribution in [2.45, 2.75) is 13.3 Å². The number of hydrogen-bond donors (Lipinski definition) is 3. The minimum absolute atomic E-state index is 0.247. The molecule has 0 aliphatic heterocycles. The molecule has 2 aromatic carbocycles. The van der Waals surface area contributed by atoms with Crippen LogP contribution >= 0.6 is 0 Å². The number of rotatable bonds is 6. The number of anilines is 2. The van der Waals surface area contributed by atoms with E-state index in [0.717, 1.165) is 23.2 Å². The number of amides is 1. The summed E-state index contributed by atoms with van der Waals surface area (Å²) < 4.78 is 0. The van der Waals surface area contributed by atoms with E-state index in [1.165, 1.54) is 5.39 Å². The highest BCUT2D eigenvalue weighted by atomic mass is 16.1. The quantitative estimate of drug-likeness (QED) is 0.459. The maximum Gasteiger partial charge on any atom is 0.270 e. The van der Waals surface area contributed by atoms with Crippen LogP contribution in [0.3, 0.4) is 0 Å². The molecule has 4 rings (SSSR count).